The van der Waals surface area contributed by atoms with Crippen LogP contribution in [0.1, 0.15) is 31.5 Å². The van der Waals surface area contributed by atoms with Crippen LogP contribution in [0.4, 0.5) is 4.79 Å². The number of rotatable bonds is 7. The standard InChI is InChI=1S/C22H20N6O4S2/c1-22(2,3)32-21(30)28-16(20(29)31-7-6-23)8-18-27-17(12-33-18)15-5-4-13(10-25-15)19-26-14(9-24)11-34-19/h4-5,10-12,16H,7-8H2,1-3H3,(H,28,30)/t16-/m0/s1. The van der Waals surface area contributed by atoms with E-state index in [-0.39, 0.29) is 6.42 Å². The Morgan fingerprint density at radius 3 is 2.56 bits per heavy atom. The van der Waals surface area contributed by atoms with Crippen molar-refractivity contribution in [1.82, 2.24) is 20.3 Å². The van der Waals surface area contributed by atoms with Crippen LogP contribution in [0, 0.1) is 22.7 Å². The molecule has 0 aromatic carbocycles. The first-order valence-corrected chi connectivity index (χ1v) is 11.7. The molecule has 3 heterocycles. The average Bonchev–Trinajstić information content (AvgIpc) is 3.45. The summed E-state index contributed by atoms with van der Waals surface area (Å²) in [5.41, 5.74) is 1.62. The second kappa shape index (κ2) is 10.8. The summed E-state index contributed by atoms with van der Waals surface area (Å²) < 4.78 is 10.1. The zero-order valence-corrected chi connectivity index (χ0v) is 20.2. The van der Waals surface area contributed by atoms with Crippen molar-refractivity contribution in [2.75, 3.05) is 6.61 Å². The van der Waals surface area contributed by atoms with E-state index in [9.17, 15) is 9.59 Å². The number of pyridine rings is 1. The molecule has 1 N–H and O–H groups in total. The molecule has 0 saturated carbocycles. The fraction of sp³-hybridized carbons (Fsp3) is 0.318. The molecule has 0 unspecified atom stereocenters. The third kappa shape index (κ3) is 6.81. The number of carbonyl (C=O) groups excluding carboxylic acids is 2. The van der Waals surface area contributed by atoms with Crippen LogP contribution in [0.15, 0.2) is 29.1 Å². The van der Waals surface area contributed by atoms with Gasteiger partial charge in [0.05, 0.1) is 16.4 Å². The first-order valence-electron chi connectivity index (χ1n) is 9.98. The second-order valence-corrected chi connectivity index (χ2v) is 9.68. The summed E-state index contributed by atoms with van der Waals surface area (Å²) >= 11 is 2.66. The average molecular weight is 497 g/mol. The third-order valence-corrected chi connectivity index (χ3v) is 5.84. The summed E-state index contributed by atoms with van der Waals surface area (Å²) in [5.74, 6) is -0.758. The number of hydrogen-bond acceptors (Lipinski definition) is 11. The molecule has 0 aliphatic heterocycles. The molecule has 3 rings (SSSR count). The molecular weight excluding hydrogens is 476 g/mol. The van der Waals surface area contributed by atoms with Gasteiger partial charge in [-0.25, -0.2) is 19.6 Å². The number of aromatic nitrogens is 3. The van der Waals surface area contributed by atoms with Gasteiger partial charge in [-0.15, -0.1) is 22.7 Å². The van der Waals surface area contributed by atoms with Gasteiger partial charge in [0, 0.05) is 28.9 Å². The first-order chi connectivity index (χ1) is 16.2. The lowest BCUT2D eigenvalue weighted by Gasteiger charge is -2.22. The summed E-state index contributed by atoms with van der Waals surface area (Å²) in [4.78, 5) is 37.7. The zero-order valence-electron chi connectivity index (χ0n) is 18.6. The minimum absolute atomic E-state index is 0.0578. The van der Waals surface area contributed by atoms with Gasteiger partial charge in [-0.05, 0) is 32.9 Å². The molecule has 1 atom stereocenters. The topological polar surface area (TPSA) is 151 Å². The van der Waals surface area contributed by atoms with E-state index < -0.39 is 30.3 Å². The van der Waals surface area contributed by atoms with Gasteiger partial charge in [0.25, 0.3) is 0 Å². The number of amides is 1. The van der Waals surface area contributed by atoms with Crippen molar-refractivity contribution in [2.24, 2.45) is 0 Å². The van der Waals surface area contributed by atoms with E-state index in [1.54, 1.807) is 49.9 Å². The number of carbonyl (C=O) groups is 2. The lowest BCUT2D eigenvalue weighted by Crippen LogP contribution is -2.45. The van der Waals surface area contributed by atoms with Crippen LogP contribution in [0.25, 0.3) is 22.0 Å². The Morgan fingerprint density at radius 2 is 1.94 bits per heavy atom. The van der Waals surface area contributed by atoms with Crippen LogP contribution in [0.3, 0.4) is 0 Å². The van der Waals surface area contributed by atoms with E-state index in [2.05, 4.69) is 20.3 Å². The van der Waals surface area contributed by atoms with Gasteiger partial charge in [-0.3, -0.25) is 4.98 Å². The molecule has 0 fully saturated rings. The van der Waals surface area contributed by atoms with Gasteiger partial charge in [-0.2, -0.15) is 10.5 Å². The molecule has 10 nitrogen and oxygen atoms in total. The van der Waals surface area contributed by atoms with Crippen LogP contribution in [-0.4, -0.2) is 45.3 Å². The fourth-order valence-corrected chi connectivity index (χ4v) is 4.25. The van der Waals surface area contributed by atoms with Gasteiger partial charge in [-0.1, -0.05) is 0 Å². The predicted octanol–water partition coefficient (Wildman–Crippen LogP) is 3.70. The highest BCUT2D eigenvalue weighted by molar-refractivity contribution is 7.13. The van der Waals surface area contributed by atoms with Crippen molar-refractivity contribution < 1.29 is 19.1 Å². The van der Waals surface area contributed by atoms with E-state index in [1.807, 2.05) is 12.1 Å². The quantitative estimate of drug-likeness (QED) is 0.483. The molecular formula is C22H20N6O4S2. The largest absolute Gasteiger partial charge is 0.449 e. The number of thiazole rings is 2. The van der Waals surface area contributed by atoms with E-state index in [0.29, 0.717) is 27.1 Å². The molecule has 12 heteroatoms. The molecule has 0 radical (unpaired) electrons. The summed E-state index contributed by atoms with van der Waals surface area (Å²) in [6.07, 6.45) is 0.935. The highest BCUT2D eigenvalue weighted by atomic mass is 32.1. The van der Waals surface area contributed by atoms with E-state index >= 15 is 0 Å². The zero-order chi connectivity index (χ0) is 24.7. The minimum atomic E-state index is -1.07. The van der Waals surface area contributed by atoms with Crippen molar-refractivity contribution in [3.63, 3.8) is 0 Å². The van der Waals surface area contributed by atoms with Crippen LogP contribution in [-0.2, 0) is 20.7 Å². The Bertz CT molecular complexity index is 1250. The minimum Gasteiger partial charge on any atom is -0.449 e. The van der Waals surface area contributed by atoms with Crippen LogP contribution in [0.2, 0.25) is 0 Å². The SMILES string of the molecule is CC(C)(C)OC(=O)N[C@@H](Cc1nc(-c2ccc(-c3nc(C#N)cs3)cn2)cs1)C(=O)OCC#N. The number of hydrogen-bond donors (Lipinski definition) is 1. The Morgan fingerprint density at radius 1 is 1.15 bits per heavy atom. The van der Waals surface area contributed by atoms with Crippen LogP contribution in [0.5, 0.6) is 0 Å². The lowest BCUT2D eigenvalue weighted by atomic mass is 10.2. The predicted molar refractivity (Wildman–Crippen MR) is 125 cm³/mol. The van der Waals surface area contributed by atoms with Crippen molar-refractivity contribution >= 4 is 34.7 Å². The van der Waals surface area contributed by atoms with Crippen molar-refractivity contribution in [3.8, 4) is 34.1 Å². The second-order valence-electron chi connectivity index (χ2n) is 7.88. The Balaban J connectivity index is 1.73. The number of esters is 1. The van der Waals surface area contributed by atoms with Crippen LogP contribution < -0.4 is 5.32 Å². The van der Waals surface area contributed by atoms with E-state index in [1.165, 1.54) is 22.7 Å². The molecule has 0 aliphatic rings. The number of nitrogens with zero attached hydrogens (tertiary/aromatic N) is 5. The maximum absolute atomic E-state index is 12.4. The molecule has 34 heavy (non-hydrogen) atoms. The molecule has 174 valence electrons. The number of nitrogens with one attached hydrogen (secondary N) is 1. The van der Waals surface area contributed by atoms with Crippen molar-refractivity contribution in [2.45, 2.75) is 38.8 Å². The van der Waals surface area contributed by atoms with E-state index in [0.717, 1.165) is 5.56 Å². The summed E-state index contributed by atoms with van der Waals surface area (Å²) in [7, 11) is 0. The number of nitriles is 2. The molecule has 0 spiro atoms. The molecule has 0 bridgehead atoms. The van der Waals surface area contributed by atoms with Gasteiger partial charge in [0.1, 0.15) is 28.8 Å². The van der Waals surface area contributed by atoms with E-state index in [4.69, 9.17) is 20.0 Å². The normalized spacial score (nSPS) is 11.7. The molecule has 3 aromatic rings. The maximum Gasteiger partial charge on any atom is 0.408 e. The Hall–Kier alpha value is -3.87. The molecule has 3 aromatic heterocycles. The van der Waals surface area contributed by atoms with Crippen molar-refractivity contribution in [1.29, 1.82) is 10.5 Å². The van der Waals surface area contributed by atoms with Crippen molar-refractivity contribution in [3.05, 3.63) is 39.8 Å². The summed E-state index contributed by atoms with van der Waals surface area (Å²) in [6, 6.07) is 6.29. The summed E-state index contributed by atoms with van der Waals surface area (Å²) in [5, 5.41) is 24.8. The van der Waals surface area contributed by atoms with Gasteiger partial charge < -0.3 is 14.8 Å². The maximum atomic E-state index is 12.4. The van der Waals surface area contributed by atoms with Gasteiger partial charge in [0.15, 0.2) is 12.3 Å². The number of alkyl carbamates (subject to hydrolysis) is 1. The highest BCUT2D eigenvalue weighted by Crippen LogP contribution is 2.26. The third-order valence-electron chi connectivity index (χ3n) is 4.08. The Kier molecular flexibility index (Phi) is 7.89. The monoisotopic (exact) mass is 496 g/mol. The fourth-order valence-electron chi connectivity index (χ4n) is 2.67. The molecule has 1 amide bonds. The Labute approximate surface area is 203 Å². The molecule has 0 aliphatic carbocycles. The smallest absolute Gasteiger partial charge is 0.408 e. The molecule has 0 saturated heterocycles. The highest BCUT2D eigenvalue weighted by Gasteiger charge is 2.27. The lowest BCUT2D eigenvalue weighted by molar-refractivity contribution is -0.144. The first kappa shape index (κ1) is 24.8. The summed E-state index contributed by atoms with van der Waals surface area (Å²) in [6.45, 7) is 4.69. The van der Waals surface area contributed by atoms with Gasteiger partial charge >= 0.3 is 12.1 Å². The number of ether oxygens (including phenoxy) is 2. The van der Waals surface area contributed by atoms with Gasteiger partial charge in [0.2, 0.25) is 0 Å². The van der Waals surface area contributed by atoms with Crippen LogP contribution >= 0.6 is 22.7 Å².